The Morgan fingerprint density at radius 2 is 1.65 bits per heavy atom. The maximum absolute atomic E-state index is 14.1. The number of fused-ring (bicyclic) bond motifs is 1. The second kappa shape index (κ2) is 5.98. The Hall–Kier alpha value is -3.06. The molecule has 0 saturated carbocycles. The number of benzene rings is 3. The van der Waals surface area contributed by atoms with Gasteiger partial charge >= 0.3 is 0 Å². The van der Waals surface area contributed by atoms with E-state index in [1.807, 2.05) is 0 Å². The van der Waals surface area contributed by atoms with Crippen LogP contribution in [0.3, 0.4) is 0 Å². The Labute approximate surface area is 132 Å². The molecule has 3 aromatic rings. The first-order valence-corrected chi connectivity index (χ1v) is 6.85. The molecule has 2 nitrogen and oxygen atoms in total. The monoisotopic (exact) mass is 310 g/mol. The second-order valence-electron chi connectivity index (χ2n) is 4.94. The van der Waals surface area contributed by atoms with Gasteiger partial charge in [0, 0.05) is 10.9 Å². The summed E-state index contributed by atoms with van der Waals surface area (Å²) >= 11 is 0. The number of ether oxygens (including phenoxy) is 1. The Bertz CT molecular complexity index is 935. The Kier molecular flexibility index (Phi) is 3.86. The lowest BCUT2D eigenvalue weighted by molar-refractivity contribution is 0.415. The molecule has 1 N–H and O–H groups in total. The summed E-state index contributed by atoms with van der Waals surface area (Å²) in [6.07, 6.45) is 0. The molecule has 4 heteroatoms. The van der Waals surface area contributed by atoms with Gasteiger partial charge in [0.15, 0.2) is 11.6 Å². The van der Waals surface area contributed by atoms with Crippen LogP contribution >= 0.6 is 0 Å². The van der Waals surface area contributed by atoms with Crippen molar-refractivity contribution in [2.24, 2.45) is 0 Å². The molecule has 0 radical (unpaired) electrons. The molecule has 0 aliphatic heterocycles. The van der Waals surface area contributed by atoms with Crippen molar-refractivity contribution in [1.29, 1.82) is 0 Å². The Morgan fingerprint density at radius 3 is 2.35 bits per heavy atom. The van der Waals surface area contributed by atoms with E-state index >= 15 is 0 Å². The van der Waals surface area contributed by atoms with Gasteiger partial charge in [0.2, 0.25) is 0 Å². The van der Waals surface area contributed by atoms with Crippen LogP contribution in [0.5, 0.6) is 11.5 Å². The maximum Gasteiger partial charge on any atom is 0.175 e. The van der Waals surface area contributed by atoms with Gasteiger partial charge in [-0.3, -0.25) is 0 Å². The number of phenols is 1. The van der Waals surface area contributed by atoms with E-state index in [1.54, 1.807) is 31.4 Å². The number of phenolic OH excluding ortho intramolecular Hbond substituents is 1. The average Bonchev–Trinajstić information content (AvgIpc) is 2.58. The summed E-state index contributed by atoms with van der Waals surface area (Å²) in [6, 6.07) is 12.5. The highest BCUT2D eigenvalue weighted by Gasteiger charge is 2.12. The van der Waals surface area contributed by atoms with Crippen LogP contribution in [0.2, 0.25) is 0 Å². The molecule has 0 spiro atoms. The van der Waals surface area contributed by atoms with E-state index in [1.165, 1.54) is 24.3 Å². The van der Waals surface area contributed by atoms with Crippen molar-refractivity contribution >= 4 is 10.8 Å². The van der Waals surface area contributed by atoms with E-state index in [9.17, 15) is 13.9 Å². The van der Waals surface area contributed by atoms with Crippen LogP contribution in [0.4, 0.5) is 8.78 Å². The number of rotatable bonds is 1. The quantitative estimate of drug-likeness (QED) is 0.682. The van der Waals surface area contributed by atoms with Gasteiger partial charge in [-0.25, -0.2) is 8.78 Å². The fraction of sp³-hybridized carbons (Fsp3) is 0.0526. The summed E-state index contributed by atoms with van der Waals surface area (Å²) in [7, 11) is 1.56. The third kappa shape index (κ3) is 2.95. The average molecular weight is 310 g/mol. The largest absolute Gasteiger partial charge is 0.508 e. The normalized spacial score (nSPS) is 10.2. The fourth-order valence-electron chi connectivity index (χ4n) is 2.22. The molecule has 0 saturated heterocycles. The highest BCUT2D eigenvalue weighted by atomic mass is 19.2. The van der Waals surface area contributed by atoms with Crippen molar-refractivity contribution in [2.45, 2.75) is 0 Å². The van der Waals surface area contributed by atoms with E-state index < -0.39 is 11.6 Å². The lowest BCUT2D eigenvalue weighted by Crippen LogP contribution is -1.92. The van der Waals surface area contributed by atoms with Gasteiger partial charge in [-0.2, -0.15) is 0 Å². The highest BCUT2D eigenvalue weighted by Crippen LogP contribution is 2.26. The van der Waals surface area contributed by atoms with E-state index in [2.05, 4.69) is 11.8 Å². The van der Waals surface area contributed by atoms with Crippen LogP contribution in [0.25, 0.3) is 10.8 Å². The van der Waals surface area contributed by atoms with Crippen LogP contribution < -0.4 is 4.74 Å². The Morgan fingerprint density at radius 1 is 0.913 bits per heavy atom. The lowest BCUT2D eigenvalue weighted by atomic mass is 10.0. The van der Waals surface area contributed by atoms with Crippen LogP contribution in [0.1, 0.15) is 11.1 Å². The van der Waals surface area contributed by atoms with Gasteiger partial charge < -0.3 is 9.84 Å². The zero-order chi connectivity index (χ0) is 16.4. The molecule has 0 unspecified atom stereocenters. The predicted octanol–water partition coefficient (Wildman–Crippen LogP) is 4.23. The molecule has 23 heavy (non-hydrogen) atoms. The third-order valence-electron chi connectivity index (χ3n) is 3.43. The summed E-state index contributed by atoms with van der Waals surface area (Å²) in [5.41, 5.74) is 0.632. The van der Waals surface area contributed by atoms with Crippen molar-refractivity contribution in [3.63, 3.8) is 0 Å². The second-order valence-corrected chi connectivity index (χ2v) is 4.94. The lowest BCUT2D eigenvalue weighted by Gasteiger charge is -2.04. The van der Waals surface area contributed by atoms with E-state index in [4.69, 9.17) is 4.74 Å². The maximum atomic E-state index is 14.1. The summed E-state index contributed by atoms with van der Waals surface area (Å²) in [5, 5.41) is 9.88. The van der Waals surface area contributed by atoms with Crippen LogP contribution in [-0.4, -0.2) is 12.2 Å². The summed E-state index contributed by atoms with van der Waals surface area (Å²) in [6.45, 7) is 0. The molecule has 0 amide bonds. The van der Waals surface area contributed by atoms with Crippen LogP contribution in [-0.2, 0) is 0 Å². The first kappa shape index (κ1) is 14.9. The molecule has 3 aromatic carbocycles. The molecule has 0 heterocycles. The zero-order valence-corrected chi connectivity index (χ0v) is 12.2. The van der Waals surface area contributed by atoms with E-state index in [0.29, 0.717) is 16.7 Å². The van der Waals surface area contributed by atoms with Crippen molar-refractivity contribution < 1.29 is 18.6 Å². The summed E-state index contributed by atoms with van der Waals surface area (Å²) in [5.74, 6) is 3.98. The third-order valence-corrected chi connectivity index (χ3v) is 3.43. The van der Waals surface area contributed by atoms with Gasteiger partial charge in [-0.1, -0.05) is 17.9 Å². The van der Waals surface area contributed by atoms with Crippen molar-refractivity contribution in [2.75, 3.05) is 7.11 Å². The Balaban J connectivity index is 2.05. The van der Waals surface area contributed by atoms with Crippen molar-refractivity contribution in [3.05, 3.63) is 71.3 Å². The number of aromatic hydroxyl groups is 1. The molecule has 0 atom stereocenters. The van der Waals surface area contributed by atoms with Crippen molar-refractivity contribution in [3.8, 4) is 23.3 Å². The van der Waals surface area contributed by atoms with Gasteiger partial charge in [0.25, 0.3) is 0 Å². The van der Waals surface area contributed by atoms with Crippen molar-refractivity contribution in [1.82, 2.24) is 0 Å². The van der Waals surface area contributed by atoms with E-state index in [0.717, 1.165) is 0 Å². The van der Waals surface area contributed by atoms with Gasteiger partial charge in [-0.05, 0) is 47.9 Å². The number of hydrogen-bond donors (Lipinski definition) is 1. The van der Waals surface area contributed by atoms with Crippen LogP contribution in [0.15, 0.2) is 48.5 Å². The molecule has 0 aromatic heterocycles. The first-order chi connectivity index (χ1) is 11.1. The minimum Gasteiger partial charge on any atom is -0.508 e. The summed E-state index contributed by atoms with van der Waals surface area (Å²) < 4.78 is 33.2. The SMILES string of the molecule is COc1ccc(C#Cc2cc3ccc(O)cc3c(F)c2F)cc1. The van der Waals surface area contributed by atoms with Gasteiger partial charge in [0.1, 0.15) is 11.5 Å². The fourth-order valence-corrected chi connectivity index (χ4v) is 2.22. The number of methoxy groups -OCH3 is 1. The summed E-state index contributed by atoms with van der Waals surface area (Å²) in [4.78, 5) is 0. The number of halogens is 2. The number of hydrogen-bond acceptors (Lipinski definition) is 2. The van der Waals surface area contributed by atoms with Crippen LogP contribution in [0, 0.1) is 23.5 Å². The highest BCUT2D eigenvalue weighted by molar-refractivity contribution is 5.86. The topological polar surface area (TPSA) is 29.5 Å². The molecule has 3 rings (SSSR count). The molecule has 0 fully saturated rings. The molecular formula is C19H12F2O2. The van der Waals surface area contributed by atoms with Gasteiger partial charge in [-0.15, -0.1) is 0 Å². The molecule has 0 bridgehead atoms. The van der Waals surface area contributed by atoms with E-state index in [-0.39, 0.29) is 16.7 Å². The standard InChI is InChI=1S/C19H12F2O2/c1-23-16-8-3-12(4-9-16)2-5-14-10-13-6-7-15(22)11-17(13)19(21)18(14)20/h3-4,6-11,22H,1H3. The smallest absolute Gasteiger partial charge is 0.175 e. The molecule has 114 valence electrons. The van der Waals surface area contributed by atoms with Gasteiger partial charge in [0.05, 0.1) is 12.7 Å². The molecular weight excluding hydrogens is 298 g/mol. The predicted molar refractivity (Wildman–Crippen MR) is 84.5 cm³/mol. The molecule has 0 aliphatic rings. The zero-order valence-electron chi connectivity index (χ0n) is 12.2. The minimum absolute atomic E-state index is 0.0255. The minimum atomic E-state index is -1.02. The molecule has 0 aliphatic carbocycles. The first-order valence-electron chi connectivity index (χ1n) is 6.85.